The molecule has 1 aliphatic rings. The Balaban J connectivity index is 0.000000876. The number of carbonyl (C=O) groups is 3. The van der Waals surface area contributed by atoms with E-state index in [1.165, 1.54) is 39.5 Å². The lowest BCUT2D eigenvalue weighted by Crippen LogP contribution is -2.38. The van der Waals surface area contributed by atoms with Gasteiger partial charge in [-0.15, -0.1) is 0 Å². The molecule has 0 spiro atoms. The number of aromatic nitrogens is 1. The highest BCUT2D eigenvalue weighted by molar-refractivity contribution is 7.92. The zero-order valence-corrected chi connectivity index (χ0v) is 31.0. The minimum Gasteiger partial charge on any atom is -0.493 e. The molecule has 1 fully saturated rings. The summed E-state index contributed by atoms with van der Waals surface area (Å²) in [5.74, 6) is -3.26. The van der Waals surface area contributed by atoms with Gasteiger partial charge in [-0.05, 0) is 86.2 Å². The molecule has 0 saturated carbocycles. The van der Waals surface area contributed by atoms with Crippen LogP contribution in [0.25, 0.3) is 10.8 Å². The van der Waals surface area contributed by atoms with Crippen LogP contribution in [0.5, 0.6) is 11.5 Å². The largest absolute Gasteiger partial charge is 0.493 e. The molecule has 14 nitrogen and oxygen atoms in total. The second-order valence-electron chi connectivity index (χ2n) is 12.4. The van der Waals surface area contributed by atoms with E-state index in [0.29, 0.717) is 41.0 Å². The number of hydrogen-bond acceptors (Lipinski definition) is 11. The van der Waals surface area contributed by atoms with Crippen LogP contribution in [0.2, 0.25) is 0 Å². The molecule has 2 atom stereocenters. The number of fused-ring (bicyclic) bond motifs is 1. The van der Waals surface area contributed by atoms with Crippen molar-refractivity contribution < 1.29 is 59.7 Å². The number of amides is 2. The standard InChI is InChI=1S/C34H38FN5O7S.C2HF3O2/c1-19(2)48(43,44)30-11-9-22(39-34(42)47-5)16-25(30)27-7-6-14-40(27)33(41)31(24-17-28(45-3)29(46-4)18-26(24)35)38-21-8-10-23-20(15-21)12-13-37-32(23)36;3-2(4,5)1(6)7/h8-13,15-19,27,31,38H,6-7,14H2,1-5H3,(H2,36,37)(H,39,42);(H,6,7)/t27-,31-;/m1./s1. The van der Waals surface area contributed by atoms with Gasteiger partial charge in [-0.1, -0.05) is 0 Å². The van der Waals surface area contributed by atoms with Gasteiger partial charge in [0.05, 0.1) is 37.5 Å². The van der Waals surface area contributed by atoms with Crippen molar-refractivity contribution in [3.05, 3.63) is 77.7 Å². The lowest BCUT2D eigenvalue weighted by atomic mass is 10.00. The molecule has 55 heavy (non-hydrogen) atoms. The van der Waals surface area contributed by atoms with Gasteiger partial charge < -0.3 is 35.3 Å². The van der Waals surface area contributed by atoms with E-state index in [0.717, 1.165) is 11.5 Å². The monoisotopic (exact) mass is 793 g/mol. The fraction of sp³-hybridized carbons (Fsp3) is 0.333. The predicted molar refractivity (Wildman–Crippen MR) is 194 cm³/mol. The highest BCUT2D eigenvalue weighted by Crippen LogP contribution is 2.41. The van der Waals surface area contributed by atoms with Crippen LogP contribution in [-0.2, 0) is 24.2 Å². The molecule has 0 bridgehead atoms. The molecule has 2 amide bonds. The number of nitrogens with two attached hydrogens (primary N) is 1. The zero-order valence-electron chi connectivity index (χ0n) is 30.2. The van der Waals surface area contributed by atoms with Gasteiger partial charge in [-0.25, -0.2) is 27.4 Å². The molecule has 0 radical (unpaired) electrons. The maximum absolute atomic E-state index is 15.9. The Labute approximate surface area is 313 Å². The van der Waals surface area contributed by atoms with Gasteiger partial charge in [0.1, 0.15) is 17.7 Å². The van der Waals surface area contributed by atoms with Gasteiger partial charge in [0.15, 0.2) is 21.3 Å². The van der Waals surface area contributed by atoms with E-state index < -0.39 is 57.1 Å². The third kappa shape index (κ3) is 9.45. The number of likely N-dealkylation sites (tertiary alicyclic amines) is 1. The number of sulfone groups is 1. The molecular formula is C36H39F4N5O9S. The van der Waals surface area contributed by atoms with Crippen molar-refractivity contribution in [2.24, 2.45) is 0 Å². The Bertz CT molecular complexity index is 2190. The minimum absolute atomic E-state index is 0.00577. The van der Waals surface area contributed by atoms with Crippen molar-refractivity contribution in [3.8, 4) is 11.5 Å². The quantitative estimate of drug-likeness (QED) is 0.128. The molecule has 296 valence electrons. The average molecular weight is 794 g/mol. The number of methoxy groups -OCH3 is 3. The number of alkyl halides is 3. The van der Waals surface area contributed by atoms with Crippen molar-refractivity contribution in [1.82, 2.24) is 9.88 Å². The van der Waals surface area contributed by atoms with Crippen LogP contribution in [0, 0.1) is 5.82 Å². The molecule has 5 rings (SSSR count). The fourth-order valence-electron chi connectivity index (χ4n) is 5.91. The summed E-state index contributed by atoms with van der Waals surface area (Å²) in [6, 6.07) is 12.1. The van der Waals surface area contributed by atoms with Crippen molar-refractivity contribution in [2.45, 2.75) is 55.1 Å². The van der Waals surface area contributed by atoms with Crippen LogP contribution in [-0.4, -0.2) is 80.7 Å². The fourth-order valence-corrected chi connectivity index (χ4v) is 7.20. The second kappa shape index (κ2) is 17.1. The number of nitrogen functional groups attached to an aromatic ring is 1. The maximum Gasteiger partial charge on any atom is 0.490 e. The number of carboxylic acid groups (broad SMARTS) is 1. The van der Waals surface area contributed by atoms with E-state index >= 15 is 4.39 Å². The number of nitrogens with zero attached hydrogens (tertiary/aromatic N) is 2. The lowest BCUT2D eigenvalue weighted by molar-refractivity contribution is -0.192. The number of halogens is 4. The molecule has 0 unspecified atom stereocenters. The number of aliphatic carboxylic acids is 1. The summed E-state index contributed by atoms with van der Waals surface area (Å²) < 4.78 is 90.2. The number of anilines is 3. The lowest BCUT2D eigenvalue weighted by Gasteiger charge is -2.32. The van der Waals surface area contributed by atoms with E-state index in [2.05, 4.69) is 15.6 Å². The third-order valence-electron chi connectivity index (χ3n) is 8.67. The van der Waals surface area contributed by atoms with Crippen LogP contribution in [0.1, 0.15) is 49.9 Å². The number of pyridine rings is 1. The molecule has 1 aromatic heterocycles. The second-order valence-corrected chi connectivity index (χ2v) is 14.9. The molecular weight excluding hydrogens is 754 g/mol. The number of ether oxygens (including phenoxy) is 3. The summed E-state index contributed by atoms with van der Waals surface area (Å²) in [6.07, 6.45) is -3.27. The van der Waals surface area contributed by atoms with E-state index in [4.69, 9.17) is 29.8 Å². The Morgan fingerprint density at radius 1 is 0.982 bits per heavy atom. The molecule has 2 heterocycles. The molecule has 19 heteroatoms. The van der Waals surface area contributed by atoms with Crippen LogP contribution in [0.3, 0.4) is 0 Å². The first-order valence-electron chi connectivity index (χ1n) is 16.5. The summed E-state index contributed by atoms with van der Waals surface area (Å²) in [7, 11) is 0.192. The average Bonchev–Trinajstić information content (AvgIpc) is 3.63. The van der Waals surface area contributed by atoms with Crippen LogP contribution in [0.15, 0.2) is 65.7 Å². The number of rotatable bonds is 10. The highest BCUT2D eigenvalue weighted by atomic mass is 32.2. The number of nitrogens with one attached hydrogen (secondary N) is 2. The van der Waals surface area contributed by atoms with E-state index in [9.17, 15) is 31.2 Å². The van der Waals surface area contributed by atoms with Gasteiger partial charge in [0.2, 0.25) is 5.91 Å². The molecule has 0 aliphatic carbocycles. The van der Waals surface area contributed by atoms with Gasteiger partial charge in [0, 0.05) is 41.1 Å². The third-order valence-corrected chi connectivity index (χ3v) is 10.9. The van der Waals surface area contributed by atoms with E-state index in [-0.39, 0.29) is 28.5 Å². The highest BCUT2D eigenvalue weighted by Gasteiger charge is 2.40. The Morgan fingerprint density at radius 3 is 2.22 bits per heavy atom. The number of carboxylic acids is 1. The van der Waals surface area contributed by atoms with Gasteiger partial charge in [-0.3, -0.25) is 10.1 Å². The predicted octanol–water partition coefficient (Wildman–Crippen LogP) is 6.48. The zero-order chi connectivity index (χ0) is 40.8. The van der Waals surface area contributed by atoms with E-state index in [1.54, 1.807) is 55.3 Å². The van der Waals surface area contributed by atoms with Gasteiger partial charge >= 0.3 is 18.2 Å². The normalized spacial score (nSPS) is 14.8. The van der Waals surface area contributed by atoms with Crippen LogP contribution in [0.4, 0.5) is 39.5 Å². The van der Waals surface area contributed by atoms with Crippen LogP contribution >= 0.6 is 0 Å². The molecule has 4 aromatic rings. The van der Waals surface area contributed by atoms with Gasteiger partial charge in [-0.2, -0.15) is 13.2 Å². The summed E-state index contributed by atoms with van der Waals surface area (Å²) >= 11 is 0. The maximum atomic E-state index is 15.9. The topological polar surface area (TPSA) is 199 Å². The first kappa shape index (κ1) is 41.9. The Kier molecular flexibility index (Phi) is 13.0. The Morgan fingerprint density at radius 2 is 1.62 bits per heavy atom. The molecule has 1 saturated heterocycles. The molecule has 1 aliphatic heterocycles. The van der Waals surface area contributed by atoms with Crippen molar-refractivity contribution in [3.63, 3.8) is 0 Å². The first-order chi connectivity index (χ1) is 25.8. The van der Waals surface area contributed by atoms with Crippen LogP contribution < -0.4 is 25.8 Å². The van der Waals surface area contributed by atoms with Crippen molar-refractivity contribution >= 4 is 55.8 Å². The summed E-state index contributed by atoms with van der Waals surface area (Å²) in [5.41, 5.74) is 7.18. The minimum atomic E-state index is -5.08. The molecule has 3 aromatic carbocycles. The van der Waals surface area contributed by atoms with Gasteiger partial charge in [0.25, 0.3) is 0 Å². The smallest absolute Gasteiger partial charge is 0.490 e. The summed E-state index contributed by atoms with van der Waals surface area (Å²) in [6.45, 7) is 3.42. The van der Waals surface area contributed by atoms with E-state index in [1.807, 2.05) is 0 Å². The number of benzene rings is 3. The number of hydrogen-bond donors (Lipinski definition) is 4. The Hall–Kier alpha value is -5.85. The van der Waals surface area contributed by atoms with Crippen molar-refractivity contribution in [1.29, 1.82) is 0 Å². The summed E-state index contributed by atoms with van der Waals surface area (Å²) in [5, 5.41) is 13.6. The molecule has 5 N–H and O–H groups in total. The SMILES string of the molecule is COC(=O)Nc1ccc(S(=O)(=O)C(C)C)c([C@H]2CCCN2C(=O)[C@H](Nc2ccc3c(N)nccc3c2)c2cc(OC)c(OC)cc2F)c1.O=C(O)C(F)(F)F. The number of carbonyl (C=O) groups excluding carboxylic acids is 2. The summed E-state index contributed by atoms with van der Waals surface area (Å²) in [4.78, 5) is 41.4. The first-order valence-corrected chi connectivity index (χ1v) is 18.0. The van der Waals surface area contributed by atoms with Crippen molar-refractivity contribution in [2.75, 3.05) is 44.2 Å².